The zero-order chi connectivity index (χ0) is 13.5. The molecule has 0 N–H and O–H groups in total. The molecule has 0 aromatic heterocycles. The molecule has 18 heavy (non-hydrogen) atoms. The number of carbonyl (C=O) groups is 2. The standard InChI is InChI=1S/C13H13BrO4/c1-13(2,3)12(16)18-11-8-5-4-7(14)6-9(8)10(15)17-11/h4-6,11H,1-3H3/t11-/m1/s1. The minimum atomic E-state index is -0.938. The van der Waals surface area contributed by atoms with E-state index in [4.69, 9.17) is 9.47 Å². The van der Waals surface area contributed by atoms with Crippen LogP contribution in [0.2, 0.25) is 0 Å². The molecule has 1 aromatic carbocycles. The minimum Gasteiger partial charge on any atom is -0.420 e. The van der Waals surface area contributed by atoms with Crippen molar-refractivity contribution in [2.45, 2.75) is 27.1 Å². The molecule has 0 spiro atoms. The summed E-state index contributed by atoms with van der Waals surface area (Å²) in [5.74, 6) is -0.880. The highest BCUT2D eigenvalue weighted by Gasteiger charge is 2.36. The van der Waals surface area contributed by atoms with Gasteiger partial charge in [-0.3, -0.25) is 4.79 Å². The summed E-state index contributed by atoms with van der Waals surface area (Å²) in [6, 6.07) is 5.15. The van der Waals surface area contributed by atoms with Gasteiger partial charge in [-0.1, -0.05) is 15.9 Å². The topological polar surface area (TPSA) is 52.6 Å². The molecule has 1 aliphatic rings. The number of rotatable bonds is 1. The second-order valence-corrected chi connectivity index (χ2v) is 6.04. The lowest BCUT2D eigenvalue weighted by molar-refractivity contribution is -0.177. The number of carbonyl (C=O) groups excluding carboxylic acids is 2. The molecule has 0 radical (unpaired) electrons. The Kier molecular flexibility index (Phi) is 3.19. The van der Waals surface area contributed by atoms with E-state index in [1.165, 1.54) is 0 Å². The van der Waals surface area contributed by atoms with Gasteiger partial charge in [-0.05, 0) is 39.0 Å². The van der Waals surface area contributed by atoms with Gasteiger partial charge < -0.3 is 9.47 Å². The molecular weight excluding hydrogens is 300 g/mol. The number of benzene rings is 1. The molecule has 1 aromatic rings. The fraction of sp³-hybridized carbons (Fsp3) is 0.385. The van der Waals surface area contributed by atoms with E-state index in [2.05, 4.69) is 15.9 Å². The van der Waals surface area contributed by atoms with Crippen molar-refractivity contribution in [2.75, 3.05) is 0 Å². The number of hydrogen-bond donors (Lipinski definition) is 0. The van der Waals surface area contributed by atoms with Crippen LogP contribution in [-0.4, -0.2) is 11.9 Å². The fourth-order valence-corrected chi connectivity index (χ4v) is 1.86. The molecule has 0 aliphatic carbocycles. The van der Waals surface area contributed by atoms with Gasteiger partial charge in [0.25, 0.3) is 6.29 Å². The van der Waals surface area contributed by atoms with E-state index in [0.29, 0.717) is 11.1 Å². The first kappa shape index (κ1) is 13.1. The summed E-state index contributed by atoms with van der Waals surface area (Å²) < 4.78 is 11.0. The molecule has 4 nitrogen and oxygen atoms in total. The van der Waals surface area contributed by atoms with Crippen LogP contribution in [-0.2, 0) is 14.3 Å². The van der Waals surface area contributed by atoms with E-state index in [-0.39, 0.29) is 0 Å². The zero-order valence-electron chi connectivity index (χ0n) is 10.3. The van der Waals surface area contributed by atoms with Crippen LogP contribution in [0, 0.1) is 5.41 Å². The molecule has 1 aliphatic heterocycles. The van der Waals surface area contributed by atoms with Crippen LogP contribution in [0.25, 0.3) is 0 Å². The van der Waals surface area contributed by atoms with Gasteiger partial charge in [0.05, 0.1) is 11.0 Å². The molecule has 0 saturated carbocycles. The van der Waals surface area contributed by atoms with E-state index in [0.717, 1.165) is 4.47 Å². The van der Waals surface area contributed by atoms with E-state index < -0.39 is 23.6 Å². The first-order valence-electron chi connectivity index (χ1n) is 5.50. The summed E-state index contributed by atoms with van der Waals surface area (Å²) in [7, 11) is 0. The predicted octanol–water partition coefficient (Wildman–Crippen LogP) is 3.21. The Balaban J connectivity index is 2.25. The number of hydrogen-bond acceptors (Lipinski definition) is 4. The van der Waals surface area contributed by atoms with Gasteiger partial charge in [-0.25, -0.2) is 4.79 Å². The summed E-state index contributed by atoms with van der Waals surface area (Å²) in [5.41, 5.74) is 0.377. The first-order chi connectivity index (χ1) is 8.29. The summed E-state index contributed by atoms with van der Waals surface area (Å²) in [5, 5.41) is 0. The highest BCUT2D eigenvalue weighted by atomic mass is 79.9. The molecule has 0 fully saturated rings. The Bertz CT molecular complexity index is 516. The van der Waals surface area contributed by atoms with Crippen molar-refractivity contribution in [3.8, 4) is 0 Å². The van der Waals surface area contributed by atoms with Gasteiger partial charge in [0.1, 0.15) is 0 Å². The fourth-order valence-electron chi connectivity index (χ4n) is 1.50. The Hall–Kier alpha value is -1.36. The van der Waals surface area contributed by atoms with Gasteiger partial charge in [0.15, 0.2) is 0 Å². The lowest BCUT2D eigenvalue weighted by Gasteiger charge is -2.19. The Morgan fingerprint density at radius 3 is 2.67 bits per heavy atom. The third-order valence-corrected chi connectivity index (χ3v) is 3.02. The molecule has 0 unspecified atom stereocenters. The van der Waals surface area contributed by atoms with Crippen LogP contribution in [0.15, 0.2) is 22.7 Å². The quantitative estimate of drug-likeness (QED) is 0.747. The minimum absolute atomic E-state index is 0.406. The molecule has 1 heterocycles. The van der Waals surface area contributed by atoms with Gasteiger partial charge in [0, 0.05) is 10.0 Å². The van der Waals surface area contributed by atoms with Crippen LogP contribution >= 0.6 is 15.9 Å². The maximum absolute atomic E-state index is 11.8. The van der Waals surface area contributed by atoms with Gasteiger partial charge in [-0.2, -0.15) is 0 Å². The predicted molar refractivity (Wildman–Crippen MR) is 67.8 cm³/mol. The average molecular weight is 313 g/mol. The summed E-state index contributed by atoms with van der Waals surface area (Å²) >= 11 is 3.28. The van der Waals surface area contributed by atoms with E-state index in [1.54, 1.807) is 39.0 Å². The van der Waals surface area contributed by atoms with Crippen molar-refractivity contribution >= 4 is 27.9 Å². The normalized spacial score (nSPS) is 18.2. The molecule has 0 saturated heterocycles. The molecule has 2 rings (SSSR count). The molecule has 0 amide bonds. The van der Waals surface area contributed by atoms with Crippen LogP contribution in [0.3, 0.4) is 0 Å². The largest absolute Gasteiger partial charge is 0.420 e. The number of cyclic esters (lactones) is 1. The monoisotopic (exact) mass is 312 g/mol. The van der Waals surface area contributed by atoms with Crippen molar-refractivity contribution < 1.29 is 19.1 Å². The maximum Gasteiger partial charge on any atom is 0.342 e. The van der Waals surface area contributed by atoms with Crippen LogP contribution in [0.5, 0.6) is 0 Å². The van der Waals surface area contributed by atoms with Gasteiger partial charge >= 0.3 is 11.9 Å². The summed E-state index contributed by atoms with van der Waals surface area (Å²) in [6.45, 7) is 5.23. The molecule has 1 atom stereocenters. The lowest BCUT2D eigenvalue weighted by atomic mass is 9.97. The first-order valence-corrected chi connectivity index (χ1v) is 6.30. The molecule has 0 bridgehead atoms. The number of ether oxygens (including phenoxy) is 2. The second-order valence-electron chi connectivity index (χ2n) is 5.12. The van der Waals surface area contributed by atoms with Crippen LogP contribution in [0.4, 0.5) is 0 Å². The summed E-state index contributed by atoms with van der Waals surface area (Å²) in [4.78, 5) is 23.4. The third-order valence-electron chi connectivity index (χ3n) is 2.53. The smallest absolute Gasteiger partial charge is 0.342 e. The third kappa shape index (κ3) is 2.41. The second kappa shape index (κ2) is 4.39. The summed E-state index contributed by atoms with van der Waals surface area (Å²) in [6.07, 6.45) is -0.938. The average Bonchev–Trinajstić information content (AvgIpc) is 2.54. The molecule has 96 valence electrons. The van der Waals surface area contributed by atoms with Crippen LogP contribution in [0.1, 0.15) is 43.0 Å². The van der Waals surface area contributed by atoms with E-state index in [9.17, 15) is 9.59 Å². The number of halogens is 1. The van der Waals surface area contributed by atoms with E-state index >= 15 is 0 Å². The van der Waals surface area contributed by atoms with Crippen molar-refractivity contribution in [1.29, 1.82) is 0 Å². The van der Waals surface area contributed by atoms with Crippen molar-refractivity contribution in [3.05, 3.63) is 33.8 Å². The van der Waals surface area contributed by atoms with Crippen molar-refractivity contribution in [3.63, 3.8) is 0 Å². The Morgan fingerprint density at radius 2 is 2.06 bits per heavy atom. The molecular formula is C13H13BrO4. The highest BCUT2D eigenvalue weighted by Crippen LogP contribution is 2.34. The Labute approximate surface area is 113 Å². The van der Waals surface area contributed by atoms with E-state index in [1.807, 2.05) is 0 Å². The van der Waals surface area contributed by atoms with Crippen LogP contribution < -0.4 is 0 Å². The maximum atomic E-state index is 11.8. The van der Waals surface area contributed by atoms with Crippen molar-refractivity contribution in [2.24, 2.45) is 5.41 Å². The Morgan fingerprint density at radius 1 is 1.39 bits per heavy atom. The van der Waals surface area contributed by atoms with Gasteiger partial charge in [0.2, 0.25) is 0 Å². The number of fused-ring (bicyclic) bond motifs is 1. The van der Waals surface area contributed by atoms with Gasteiger partial charge in [-0.15, -0.1) is 0 Å². The highest BCUT2D eigenvalue weighted by molar-refractivity contribution is 9.10. The zero-order valence-corrected chi connectivity index (χ0v) is 11.9. The van der Waals surface area contributed by atoms with Crippen molar-refractivity contribution in [1.82, 2.24) is 0 Å². The SMILES string of the molecule is CC(C)(C)C(=O)O[C@H]1OC(=O)c2cc(Br)ccc21. The molecule has 5 heteroatoms. The lowest BCUT2D eigenvalue weighted by Crippen LogP contribution is -2.25. The number of esters is 2.